The van der Waals surface area contributed by atoms with Crippen molar-refractivity contribution >= 4 is 11.8 Å². The molecular weight excluding hydrogens is 316 g/mol. The van der Waals surface area contributed by atoms with E-state index in [1.54, 1.807) is 4.90 Å². The lowest BCUT2D eigenvalue weighted by molar-refractivity contribution is -0.133. The molecule has 3 rings (SSSR count). The quantitative estimate of drug-likeness (QED) is 0.861. The average Bonchev–Trinajstić information content (AvgIpc) is 3.23. The summed E-state index contributed by atoms with van der Waals surface area (Å²) >= 11 is 0. The molecule has 5 nitrogen and oxygen atoms in total. The van der Waals surface area contributed by atoms with Crippen LogP contribution < -0.4 is 5.32 Å². The maximum atomic E-state index is 12.4. The van der Waals surface area contributed by atoms with Gasteiger partial charge in [-0.25, -0.2) is 0 Å². The zero-order valence-electron chi connectivity index (χ0n) is 15.0. The largest absolute Gasteiger partial charge is 0.383 e. The predicted molar refractivity (Wildman–Crippen MR) is 95.9 cm³/mol. The maximum absolute atomic E-state index is 12.4. The number of rotatable bonds is 5. The molecule has 2 N–H and O–H groups in total. The van der Waals surface area contributed by atoms with E-state index in [2.05, 4.69) is 5.32 Å². The highest BCUT2D eigenvalue weighted by Gasteiger charge is 2.40. The summed E-state index contributed by atoms with van der Waals surface area (Å²) in [6.07, 6.45) is 5.43. The Kier molecular flexibility index (Phi) is 5.42. The molecule has 1 saturated carbocycles. The first-order valence-corrected chi connectivity index (χ1v) is 9.33. The predicted octanol–water partition coefficient (Wildman–Crippen LogP) is 2.25. The Hall–Kier alpha value is -1.88. The van der Waals surface area contributed by atoms with Crippen molar-refractivity contribution in [1.82, 2.24) is 10.2 Å². The Labute approximate surface area is 149 Å². The molecule has 136 valence electrons. The van der Waals surface area contributed by atoms with Gasteiger partial charge in [-0.1, -0.05) is 37.1 Å². The number of nitrogens with zero attached hydrogens (tertiary/aromatic N) is 1. The van der Waals surface area contributed by atoms with Gasteiger partial charge in [0.05, 0.1) is 6.54 Å². The van der Waals surface area contributed by atoms with E-state index in [4.69, 9.17) is 0 Å². The molecule has 1 aliphatic heterocycles. The van der Waals surface area contributed by atoms with Crippen LogP contribution in [-0.4, -0.2) is 41.0 Å². The number of nitrogens with one attached hydrogen (secondary N) is 1. The van der Waals surface area contributed by atoms with Crippen molar-refractivity contribution in [3.63, 3.8) is 0 Å². The number of aliphatic hydroxyl groups is 1. The molecule has 0 bridgehead atoms. The SMILES string of the molecule is Cc1ccccc1C1(O)CCN(C(=O)CCC(=O)NC2CCCC2)C1. The third kappa shape index (κ3) is 4.21. The first kappa shape index (κ1) is 17.9. The van der Waals surface area contributed by atoms with Gasteiger partial charge < -0.3 is 15.3 Å². The van der Waals surface area contributed by atoms with Crippen molar-refractivity contribution in [1.29, 1.82) is 0 Å². The van der Waals surface area contributed by atoms with Crippen molar-refractivity contribution in [2.75, 3.05) is 13.1 Å². The van der Waals surface area contributed by atoms with E-state index in [1.165, 1.54) is 12.8 Å². The number of benzene rings is 1. The number of aryl methyl sites for hydroxylation is 1. The Morgan fingerprint density at radius 1 is 1.24 bits per heavy atom. The number of carbonyl (C=O) groups is 2. The zero-order valence-corrected chi connectivity index (χ0v) is 15.0. The van der Waals surface area contributed by atoms with Crippen LogP contribution >= 0.6 is 0 Å². The zero-order chi connectivity index (χ0) is 17.9. The van der Waals surface area contributed by atoms with Crippen LogP contribution in [0.25, 0.3) is 0 Å². The summed E-state index contributed by atoms with van der Waals surface area (Å²) < 4.78 is 0. The van der Waals surface area contributed by atoms with E-state index < -0.39 is 5.60 Å². The summed E-state index contributed by atoms with van der Waals surface area (Å²) in [6, 6.07) is 8.06. The second-order valence-corrected chi connectivity index (χ2v) is 7.46. The summed E-state index contributed by atoms with van der Waals surface area (Å²) in [5.41, 5.74) is 0.951. The van der Waals surface area contributed by atoms with Gasteiger partial charge in [-0.15, -0.1) is 0 Å². The smallest absolute Gasteiger partial charge is 0.223 e. The first-order chi connectivity index (χ1) is 12.0. The van der Waals surface area contributed by atoms with Gasteiger partial charge >= 0.3 is 0 Å². The van der Waals surface area contributed by atoms with Crippen LogP contribution in [0.2, 0.25) is 0 Å². The van der Waals surface area contributed by atoms with E-state index in [9.17, 15) is 14.7 Å². The molecule has 1 aromatic rings. The van der Waals surface area contributed by atoms with Crippen LogP contribution in [-0.2, 0) is 15.2 Å². The molecule has 1 heterocycles. The topological polar surface area (TPSA) is 69.6 Å². The highest BCUT2D eigenvalue weighted by atomic mass is 16.3. The maximum Gasteiger partial charge on any atom is 0.223 e. The van der Waals surface area contributed by atoms with E-state index >= 15 is 0 Å². The van der Waals surface area contributed by atoms with Crippen molar-refractivity contribution in [2.45, 2.75) is 63.5 Å². The van der Waals surface area contributed by atoms with Crippen LogP contribution in [0.3, 0.4) is 0 Å². The number of carbonyl (C=O) groups excluding carboxylic acids is 2. The second-order valence-electron chi connectivity index (χ2n) is 7.46. The molecule has 1 saturated heterocycles. The van der Waals surface area contributed by atoms with E-state index in [0.29, 0.717) is 25.6 Å². The minimum Gasteiger partial charge on any atom is -0.383 e. The molecular formula is C20H28N2O3. The summed E-state index contributed by atoms with van der Waals surface area (Å²) in [6.45, 7) is 2.82. The molecule has 2 fully saturated rings. The normalized spacial score (nSPS) is 23.8. The molecule has 0 aromatic heterocycles. The molecule has 2 aliphatic rings. The van der Waals surface area contributed by atoms with E-state index in [0.717, 1.165) is 24.0 Å². The minimum absolute atomic E-state index is 0.0337. The Balaban J connectivity index is 1.50. The van der Waals surface area contributed by atoms with E-state index in [1.807, 2.05) is 31.2 Å². The van der Waals surface area contributed by atoms with E-state index in [-0.39, 0.29) is 24.7 Å². The average molecular weight is 344 g/mol. The van der Waals surface area contributed by atoms with Gasteiger partial charge in [-0.3, -0.25) is 9.59 Å². The number of hydrogen-bond acceptors (Lipinski definition) is 3. The van der Waals surface area contributed by atoms with Crippen LogP contribution in [0.1, 0.15) is 56.1 Å². The highest BCUT2D eigenvalue weighted by Crippen LogP contribution is 2.34. The highest BCUT2D eigenvalue weighted by molar-refractivity contribution is 5.84. The monoisotopic (exact) mass is 344 g/mol. The van der Waals surface area contributed by atoms with Crippen molar-refractivity contribution < 1.29 is 14.7 Å². The molecule has 2 amide bonds. The molecule has 1 atom stereocenters. The van der Waals surface area contributed by atoms with Gasteiger partial charge in [0.2, 0.25) is 11.8 Å². The summed E-state index contributed by atoms with van der Waals surface area (Å²) in [5, 5.41) is 14.0. The Morgan fingerprint density at radius 2 is 1.96 bits per heavy atom. The number of likely N-dealkylation sites (tertiary alicyclic amines) is 1. The fourth-order valence-corrected chi connectivity index (χ4v) is 4.07. The molecule has 1 aliphatic carbocycles. The molecule has 1 aromatic carbocycles. The standard InChI is InChI=1S/C20H28N2O3/c1-15-6-2-5-9-17(15)20(25)12-13-22(14-20)19(24)11-10-18(23)21-16-7-3-4-8-16/h2,5-6,9,16,25H,3-4,7-8,10-14H2,1H3,(H,21,23). The van der Waals surface area contributed by atoms with Crippen molar-refractivity contribution in [3.8, 4) is 0 Å². The summed E-state index contributed by atoms with van der Waals surface area (Å²) in [5.74, 6) is -0.0836. The number of amides is 2. The molecule has 5 heteroatoms. The molecule has 25 heavy (non-hydrogen) atoms. The van der Waals surface area contributed by atoms with Gasteiger partial charge in [-0.05, 0) is 37.3 Å². The van der Waals surface area contributed by atoms with Gasteiger partial charge in [-0.2, -0.15) is 0 Å². The van der Waals surface area contributed by atoms with Gasteiger partial charge in [0.15, 0.2) is 0 Å². The van der Waals surface area contributed by atoms with Gasteiger partial charge in [0.25, 0.3) is 0 Å². The molecule has 0 spiro atoms. The van der Waals surface area contributed by atoms with Crippen LogP contribution in [0.15, 0.2) is 24.3 Å². The number of hydrogen-bond donors (Lipinski definition) is 2. The fraction of sp³-hybridized carbons (Fsp3) is 0.600. The Morgan fingerprint density at radius 3 is 2.68 bits per heavy atom. The molecule has 1 unspecified atom stereocenters. The minimum atomic E-state index is -0.979. The number of β-amino-alcohol motifs (C(OH)–C–C–N with tert-alkyl or cyclic N) is 1. The van der Waals surface area contributed by atoms with Gasteiger partial charge in [0.1, 0.15) is 5.60 Å². The third-order valence-electron chi connectivity index (χ3n) is 5.53. The van der Waals surface area contributed by atoms with Crippen LogP contribution in [0, 0.1) is 6.92 Å². The van der Waals surface area contributed by atoms with Crippen molar-refractivity contribution in [3.05, 3.63) is 35.4 Å². The third-order valence-corrected chi connectivity index (χ3v) is 5.53. The van der Waals surface area contributed by atoms with Crippen LogP contribution in [0.4, 0.5) is 0 Å². The lowest BCUT2D eigenvalue weighted by atomic mass is 9.89. The lowest BCUT2D eigenvalue weighted by Gasteiger charge is -2.25. The van der Waals surface area contributed by atoms with Crippen molar-refractivity contribution in [2.24, 2.45) is 0 Å². The lowest BCUT2D eigenvalue weighted by Crippen LogP contribution is -2.36. The second kappa shape index (κ2) is 7.56. The first-order valence-electron chi connectivity index (χ1n) is 9.33. The molecule has 0 radical (unpaired) electrons. The van der Waals surface area contributed by atoms with Gasteiger partial charge in [0, 0.05) is 25.4 Å². The Bertz CT molecular complexity index is 640. The van der Waals surface area contributed by atoms with Crippen LogP contribution in [0.5, 0.6) is 0 Å². The summed E-state index contributed by atoms with van der Waals surface area (Å²) in [7, 11) is 0. The fourth-order valence-electron chi connectivity index (χ4n) is 4.07. The summed E-state index contributed by atoms with van der Waals surface area (Å²) in [4.78, 5) is 26.1.